The summed E-state index contributed by atoms with van der Waals surface area (Å²) < 4.78 is 5.61. The molecule has 0 atom stereocenters. The monoisotopic (exact) mass is 362 g/mol. The lowest BCUT2D eigenvalue weighted by atomic mass is 10.1. The number of aromatic amines is 1. The smallest absolute Gasteiger partial charge is 0.289 e. The highest BCUT2D eigenvalue weighted by molar-refractivity contribution is 5.94. The summed E-state index contributed by atoms with van der Waals surface area (Å²) in [4.78, 5) is 12.3. The van der Waals surface area contributed by atoms with Crippen molar-refractivity contribution in [3.63, 3.8) is 0 Å². The number of carbonyl (C=O) groups is 1. The van der Waals surface area contributed by atoms with Crippen LogP contribution in [0.25, 0.3) is 11.3 Å². The van der Waals surface area contributed by atoms with Crippen LogP contribution in [0.4, 0.5) is 0 Å². The van der Waals surface area contributed by atoms with Gasteiger partial charge in [0.15, 0.2) is 0 Å². The van der Waals surface area contributed by atoms with Crippen LogP contribution >= 0.6 is 0 Å². The molecule has 3 rings (SSSR count). The van der Waals surface area contributed by atoms with E-state index in [4.69, 9.17) is 4.74 Å². The van der Waals surface area contributed by atoms with Gasteiger partial charge >= 0.3 is 0 Å². The summed E-state index contributed by atoms with van der Waals surface area (Å²) in [5, 5.41) is 11.0. The summed E-state index contributed by atoms with van der Waals surface area (Å²) in [5.74, 6) is 0.371. The summed E-state index contributed by atoms with van der Waals surface area (Å²) in [7, 11) is 0. The number of aryl methyl sites for hydroxylation is 1. The molecule has 0 bridgehead atoms. The largest absolute Gasteiger partial charge is 0.493 e. The fraction of sp³-hybridized carbons (Fsp3) is 0.190. The molecule has 1 aromatic heterocycles. The van der Waals surface area contributed by atoms with Crippen molar-refractivity contribution < 1.29 is 9.53 Å². The molecular weight excluding hydrogens is 340 g/mol. The van der Waals surface area contributed by atoms with E-state index in [0.29, 0.717) is 18.0 Å². The number of nitrogens with one attached hydrogen (secondary N) is 2. The van der Waals surface area contributed by atoms with E-state index in [1.807, 2.05) is 55.5 Å². The van der Waals surface area contributed by atoms with Gasteiger partial charge in [-0.05, 0) is 42.7 Å². The van der Waals surface area contributed by atoms with Crippen molar-refractivity contribution >= 4 is 12.1 Å². The molecule has 6 nitrogen and oxygen atoms in total. The van der Waals surface area contributed by atoms with Gasteiger partial charge in [0, 0.05) is 5.56 Å². The minimum absolute atomic E-state index is 0.329. The van der Waals surface area contributed by atoms with E-state index in [-0.39, 0.29) is 5.91 Å². The van der Waals surface area contributed by atoms with Crippen LogP contribution in [0.2, 0.25) is 0 Å². The third kappa shape index (κ3) is 4.61. The highest BCUT2D eigenvalue weighted by Gasteiger charge is 2.13. The fourth-order valence-corrected chi connectivity index (χ4v) is 2.60. The maximum Gasteiger partial charge on any atom is 0.289 e. The topological polar surface area (TPSA) is 79.4 Å². The van der Waals surface area contributed by atoms with Crippen LogP contribution < -0.4 is 10.2 Å². The number of hydrogen-bond acceptors (Lipinski definition) is 4. The van der Waals surface area contributed by atoms with Crippen molar-refractivity contribution in [2.45, 2.75) is 20.3 Å². The Hall–Kier alpha value is -3.41. The molecule has 0 spiro atoms. The first-order valence-corrected chi connectivity index (χ1v) is 8.91. The van der Waals surface area contributed by atoms with Gasteiger partial charge in [-0.2, -0.15) is 10.2 Å². The van der Waals surface area contributed by atoms with Crippen LogP contribution in [-0.2, 0) is 6.42 Å². The molecule has 0 saturated carbocycles. The summed E-state index contributed by atoms with van der Waals surface area (Å²) in [5.41, 5.74) is 6.48. The fourth-order valence-electron chi connectivity index (χ4n) is 2.60. The van der Waals surface area contributed by atoms with Gasteiger partial charge in [-0.3, -0.25) is 9.89 Å². The Bertz CT molecular complexity index is 929. The van der Waals surface area contributed by atoms with Crippen LogP contribution in [0.15, 0.2) is 59.7 Å². The standard InChI is InChI=1S/C21H22N4O2/c1-3-15-9-11-16(12-10-15)14-22-25-21(26)19-13-18(23-24-19)17-7-5-6-8-20(17)27-4-2/h5-14H,3-4H2,1-2H3,(H,23,24)(H,25,26). The van der Waals surface area contributed by atoms with Gasteiger partial charge in [0.1, 0.15) is 11.4 Å². The number of benzene rings is 2. The van der Waals surface area contributed by atoms with E-state index in [1.54, 1.807) is 12.3 Å². The van der Waals surface area contributed by atoms with Crippen molar-refractivity contribution in [2.24, 2.45) is 5.10 Å². The molecule has 138 valence electrons. The highest BCUT2D eigenvalue weighted by Crippen LogP contribution is 2.28. The third-order valence-corrected chi connectivity index (χ3v) is 4.05. The lowest BCUT2D eigenvalue weighted by Gasteiger charge is -2.07. The molecule has 0 aliphatic heterocycles. The zero-order valence-corrected chi connectivity index (χ0v) is 15.4. The number of hydrogen-bond donors (Lipinski definition) is 2. The van der Waals surface area contributed by atoms with E-state index in [0.717, 1.165) is 23.3 Å². The van der Waals surface area contributed by atoms with E-state index in [2.05, 4.69) is 27.6 Å². The normalized spacial score (nSPS) is 10.9. The average molecular weight is 362 g/mol. The quantitative estimate of drug-likeness (QED) is 0.495. The Morgan fingerprint density at radius 3 is 2.70 bits per heavy atom. The predicted molar refractivity (Wildman–Crippen MR) is 106 cm³/mol. The Labute approximate surface area is 158 Å². The molecule has 0 aliphatic carbocycles. The summed E-state index contributed by atoms with van der Waals surface area (Å²) >= 11 is 0. The van der Waals surface area contributed by atoms with Crippen molar-refractivity contribution in [3.05, 3.63) is 71.4 Å². The maximum absolute atomic E-state index is 12.3. The van der Waals surface area contributed by atoms with Gasteiger partial charge in [0.2, 0.25) is 0 Å². The second-order valence-electron chi connectivity index (χ2n) is 5.89. The number of hydrazone groups is 1. The van der Waals surface area contributed by atoms with E-state index >= 15 is 0 Å². The minimum atomic E-state index is -0.357. The van der Waals surface area contributed by atoms with Crippen molar-refractivity contribution in [3.8, 4) is 17.0 Å². The Morgan fingerprint density at radius 2 is 1.96 bits per heavy atom. The van der Waals surface area contributed by atoms with Crippen molar-refractivity contribution in [2.75, 3.05) is 6.61 Å². The first-order chi connectivity index (χ1) is 13.2. The zero-order chi connectivity index (χ0) is 19.1. The zero-order valence-electron chi connectivity index (χ0n) is 15.4. The van der Waals surface area contributed by atoms with Gasteiger partial charge in [0.25, 0.3) is 5.91 Å². The van der Waals surface area contributed by atoms with Gasteiger partial charge in [-0.15, -0.1) is 0 Å². The highest BCUT2D eigenvalue weighted by atomic mass is 16.5. The average Bonchev–Trinajstić information content (AvgIpc) is 3.19. The molecule has 0 unspecified atom stereocenters. The molecule has 27 heavy (non-hydrogen) atoms. The molecule has 2 N–H and O–H groups in total. The lowest BCUT2D eigenvalue weighted by molar-refractivity contribution is 0.0950. The van der Waals surface area contributed by atoms with Crippen molar-refractivity contribution in [1.29, 1.82) is 0 Å². The molecule has 0 aliphatic rings. The number of carbonyl (C=O) groups excluding carboxylic acids is 1. The second-order valence-corrected chi connectivity index (χ2v) is 5.89. The van der Waals surface area contributed by atoms with Crippen LogP contribution in [-0.4, -0.2) is 28.9 Å². The first kappa shape index (κ1) is 18.4. The molecule has 2 aromatic carbocycles. The molecule has 1 heterocycles. The first-order valence-electron chi connectivity index (χ1n) is 8.91. The van der Waals surface area contributed by atoms with Gasteiger partial charge in [-0.25, -0.2) is 5.43 Å². The lowest BCUT2D eigenvalue weighted by Crippen LogP contribution is -2.18. The summed E-state index contributed by atoms with van der Waals surface area (Å²) in [6.45, 7) is 4.59. The Balaban J connectivity index is 1.67. The Morgan fingerprint density at radius 1 is 1.19 bits per heavy atom. The van der Waals surface area contributed by atoms with Gasteiger partial charge in [-0.1, -0.05) is 43.3 Å². The van der Waals surface area contributed by atoms with Crippen LogP contribution in [0.3, 0.4) is 0 Å². The predicted octanol–water partition coefficient (Wildman–Crippen LogP) is 3.80. The van der Waals surface area contributed by atoms with E-state index < -0.39 is 0 Å². The van der Waals surface area contributed by atoms with Gasteiger partial charge < -0.3 is 4.74 Å². The minimum Gasteiger partial charge on any atom is -0.493 e. The number of amides is 1. The summed E-state index contributed by atoms with van der Waals surface area (Å²) in [6, 6.07) is 17.3. The van der Waals surface area contributed by atoms with E-state index in [9.17, 15) is 4.79 Å². The molecule has 6 heteroatoms. The Kier molecular flexibility index (Phi) is 5.99. The van der Waals surface area contributed by atoms with E-state index in [1.165, 1.54) is 5.56 Å². The number of ether oxygens (including phenoxy) is 1. The third-order valence-electron chi connectivity index (χ3n) is 4.05. The molecular formula is C21H22N4O2. The van der Waals surface area contributed by atoms with Crippen LogP contribution in [0.1, 0.15) is 35.5 Å². The second kappa shape index (κ2) is 8.80. The SMILES string of the molecule is CCOc1ccccc1-c1cc(C(=O)NN=Cc2ccc(CC)cc2)[nH]n1. The number of H-pyrrole nitrogens is 1. The summed E-state index contributed by atoms with van der Waals surface area (Å²) in [6.07, 6.45) is 2.60. The maximum atomic E-state index is 12.3. The van der Waals surface area contributed by atoms with Crippen molar-refractivity contribution in [1.82, 2.24) is 15.6 Å². The molecule has 0 fully saturated rings. The number of para-hydroxylation sites is 1. The molecule has 1 amide bonds. The number of nitrogens with zero attached hydrogens (tertiary/aromatic N) is 2. The molecule has 0 saturated heterocycles. The molecule has 0 radical (unpaired) electrons. The van der Waals surface area contributed by atoms with Gasteiger partial charge in [0.05, 0.1) is 18.5 Å². The molecule has 3 aromatic rings. The van der Waals surface area contributed by atoms with Crippen LogP contribution in [0, 0.1) is 0 Å². The number of aromatic nitrogens is 2. The number of rotatable bonds is 7. The van der Waals surface area contributed by atoms with Crippen LogP contribution in [0.5, 0.6) is 5.75 Å².